The smallest absolute Gasteiger partial charge is 0.349 e. The van der Waals surface area contributed by atoms with Crippen LogP contribution < -0.4 is 11.1 Å². The molecule has 0 aliphatic heterocycles. The summed E-state index contributed by atoms with van der Waals surface area (Å²) in [6.45, 7) is 10.3. The van der Waals surface area contributed by atoms with Crippen LogP contribution in [0.1, 0.15) is 44.1 Å². The maximum absolute atomic E-state index is 12.2. The number of carbonyl (C=O) groups is 3. The lowest BCUT2D eigenvalue weighted by Gasteiger charge is -2.12. The van der Waals surface area contributed by atoms with Gasteiger partial charge in [0.2, 0.25) is 0 Å². The summed E-state index contributed by atoms with van der Waals surface area (Å²) in [5.41, 5.74) is 7.31. The molecule has 0 spiro atoms. The molecule has 3 N–H and O–H groups in total. The molecule has 0 radical (unpaired) electrons. The summed E-state index contributed by atoms with van der Waals surface area (Å²) in [7, 11) is 0. The van der Waals surface area contributed by atoms with Crippen LogP contribution in [0.5, 0.6) is 0 Å². The molecule has 0 aromatic carbocycles. The van der Waals surface area contributed by atoms with Crippen LogP contribution >= 0.6 is 0 Å². The summed E-state index contributed by atoms with van der Waals surface area (Å²) in [5, 5.41) is 11.1. The Morgan fingerprint density at radius 3 is 2.48 bits per heavy atom. The zero-order chi connectivity index (χ0) is 20.7. The van der Waals surface area contributed by atoms with Gasteiger partial charge >= 0.3 is 12.0 Å². The van der Waals surface area contributed by atoms with Crippen molar-refractivity contribution in [2.75, 3.05) is 0 Å². The molecule has 27 heavy (non-hydrogen) atoms. The minimum absolute atomic E-state index is 0.238. The first-order valence-corrected chi connectivity index (χ1v) is 8.66. The van der Waals surface area contributed by atoms with Crippen LogP contribution in [-0.2, 0) is 20.9 Å². The topological polar surface area (TPSA) is 127 Å². The number of urea groups is 1. The number of primary amides is 1. The van der Waals surface area contributed by atoms with E-state index < -0.39 is 24.0 Å². The van der Waals surface area contributed by atoms with E-state index in [1.807, 2.05) is 25.2 Å². The lowest BCUT2D eigenvalue weighted by atomic mass is 10.1. The summed E-state index contributed by atoms with van der Waals surface area (Å²) in [6, 6.07) is 2.64. The molecule has 1 heterocycles. The number of nitriles is 1. The first-order valence-electron chi connectivity index (χ1n) is 8.66. The molecule has 0 unspecified atom stereocenters. The molecule has 0 fully saturated rings. The third-order valence-corrected chi connectivity index (χ3v) is 4.08. The molecular weight excluding hydrogens is 348 g/mol. The third-order valence-electron chi connectivity index (χ3n) is 4.08. The van der Waals surface area contributed by atoms with Crippen molar-refractivity contribution < 1.29 is 19.1 Å². The standard InChI is InChI=1S/C19H26N4O4/c1-11(2)6-7-23-12(3)8-15(13(23)4)9-16(10-20)18(25)27-14(5)17(24)22-19(21)26/h8-9,11,14H,6-7H2,1-5H3,(H3,21,22,24,26)/b16-9+/t14-/m0/s1. The number of nitrogens with zero attached hydrogens (tertiary/aromatic N) is 2. The van der Waals surface area contributed by atoms with Gasteiger partial charge in [0.05, 0.1) is 0 Å². The number of ether oxygens (including phenoxy) is 1. The fourth-order valence-corrected chi connectivity index (χ4v) is 2.50. The number of amides is 3. The molecule has 0 saturated heterocycles. The Bertz CT molecular complexity index is 799. The molecule has 1 rings (SSSR count). The van der Waals surface area contributed by atoms with Crippen LogP contribution in [0.15, 0.2) is 11.6 Å². The number of nitrogens with two attached hydrogens (primary N) is 1. The second-order valence-electron chi connectivity index (χ2n) is 6.73. The van der Waals surface area contributed by atoms with Crippen LogP contribution in [0, 0.1) is 31.1 Å². The first-order chi connectivity index (χ1) is 12.6. The lowest BCUT2D eigenvalue weighted by molar-refractivity contribution is -0.150. The minimum Gasteiger partial charge on any atom is -0.448 e. The molecule has 3 amide bonds. The number of nitrogens with one attached hydrogen (secondary N) is 1. The number of carbonyl (C=O) groups excluding carboxylic acids is 3. The molecule has 0 aliphatic rings. The van der Waals surface area contributed by atoms with Gasteiger partial charge < -0.3 is 15.0 Å². The van der Waals surface area contributed by atoms with Crippen LogP contribution in [0.2, 0.25) is 0 Å². The van der Waals surface area contributed by atoms with Crippen molar-refractivity contribution in [3.05, 3.63) is 28.6 Å². The van der Waals surface area contributed by atoms with Crippen molar-refractivity contribution in [3.63, 3.8) is 0 Å². The zero-order valence-corrected chi connectivity index (χ0v) is 16.3. The Labute approximate surface area is 159 Å². The predicted molar refractivity (Wildman–Crippen MR) is 100 cm³/mol. The van der Waals surface area contributed by atoms with Gasteiger partial charge in [0, 0.05) is 17.9 Å². The summed E-state index contributed by atoms with van der Waals surface area (Å²) < 4.78 is 7.07. The van der Waals surface area contributed by atoms with Crippen molar-refractivity contribution in [2.45, 2.75) is 53.7 Å². The molecule has 1 aromatic heterocycles. The highest BCUT2D eigenvalue weighted by molar-refractivity contribution is 6.01. The maximum atomic E-state index is 12.2. The average molecular weight is 374 g/mol. The van der Waals surface area contributed by atoms with E-state index in [-0.39, 0.29) is 5.57 Å². The molecule has 0 saturated carbocycles. The largest absolute Gasteiger partial charge is 0.448 e. The van der Waals surface area contributed by atoms with Gasteiger partial charge in [-0.25, -0.2) is 9.59 Å². The molecule has 146 valence electrons. The Hall–Kier alpha value is -3.08. The molecular formula is C19H26N4O4. The van der Waals surface area contributed by atoms with Crippen molar-refractivity contribution >= 4 is 24.0 Å². The molecule has 1 atom stereocenters. The first kappa shape index (κ1) is 22.0. The summed E-state index contributed by atoms with van der Waals surface area (Å²) in [5.74, 6) is -1.25. The molecule has 8 heteroatoms. The van der Waals surface area contributed by atoms with Gasteiger partial charge in [-0.3, -0.25) is 10.1 Å². The van der Waals surface area contributed by atoms with E-state index >= 15 is 0 Å². The Morgan fingerprint density at radius 1 is 1.33 bits per heavy atom. The van der Waals surface area contributed by atoms with E-state index in [1.165, 1.54) is 13.0 Å². The van der Waals surface area contributed by atoms with Crippen LogP contribution in [-0.4, -0.2) is 28.6 Å². The van der Waals surface area contributed by atoms with E-state index in [0.717, 1.165) is 29.9 Å². The number of hydrogen-bond donors (Lipinski definition) is 2. The Morgan fingerprint density at radius 2 is 1.96 bits per heavy atom. The number of hydrogen-bond acceptors (Lipinski definition) is 5. The lowest BCUT2D eigenvalue weighted by Crippen LogP contribution is -2.42. The van der Waals surface area contributed by atoms with E-state index in [2.05, 4.69) is 18.4 Å². The van der Waals surface area contributed by atoms with Gasteiger partial charge in [0.15, 0.2) is 6.10 Å². The summed E-state index contributed by atoms with van der Waals surface area (Å²) >= 11 is 0. The quantitative estimate of drug-likeness (QED) is 0.429. The van der Waals surface area contributed by atoms with Crippen LogP contribution in [0.25, 0.3) is 6.08 Å². The number of aromatic nitrogens is 1. The Kier molecular flexibility index (Phi) is 7.79. The fraction of sp³-hybridized carbons (Fsp3) is 0.474. The summed E-state index contributed by atoms with van der Waals surface area (Å²) in [4.78, 5) is 34.5. The van der Waals surface area contributed by atoms with Crippen molar-refractivity contribution in [1.82, 2.24) is 9.88 Å². The summed E-state index contributed by atoms with van der Waals surface area (Å²) in [6.07, 6.45) is 1.19. The minimum atomic E-state index is -1.26. The van der Waals surface area contributed by atoms with Gasteiger partial charge in [-0.05, 0) is 50.8 Å². The second-order valence-corrected chi connectivity index (χ2v) is 6.73. The van der Waals surface area contributed by atoms with E-state index in [1.54, 1.807) is 6.07 Å². The van der Waals surface area contributed by atoms with Gasteiger partial charge in [0.25, 0.3) is 5.91 Å². The number of esters is 1. The van der Waals surface area contributed by atoms with Crippen molar-refractivity contribution in [2.24, 2.45) is 11.7 Å². The highest BCUT2D eigenvalue weighted by atomic mass is 16.5. The molecule has 8 nitrogen and oxygen atoms in total. The highest BCUT2D eigenvalue weighted by Gasteiger charge is 2.22. The van der Waals surface area contributed by atoms with Crippen molar-refractivity contribution in [1.29, 1.82) is 5.26 Å². The van der Waals surface area contributed by atoms with Gasteiger partial charge in [0.1, 0.15) is 11.6 Å². The van der Waals surface area contributed by atoms with E-state index in [9.17, 15) is 19.6 Å². The zero-order valence-electron chi connectivity index (χ0n) is 16.3. The molecule has 0 aliphatic carbocycles. The monoisotopic (exact) mass is 374 g/mol. The highest BCUT2D eigenvalue weighted by Crippen LogP contribution is 2.20. The van der Waals surface area contributed by atoms with E-state index in [4.69, 9.17) is 10.5 Å². The predicted octanol–water partition coefficient (Wildman–Crippen LogP) is 2.18. The number of aryl methyl sites for hydroxylation is 1. The van der Waals surface area contributed by atoms with Crippen LogP contribution in [0.3, 0.4) is 0 Å². The fourth-order valence-electron chi connectivity index (χ4n) is 2.50. The molecule has 1 aromatic rings. The van der Waals surface area contributed by atoms with Crippen molar-refractivity contribution in [3.8, 4) is 6.07 Å². The number of imide groups is 1. The maximum Gasteiger partial charge on any atom is 0.349 e. The van der Waals surface area contributed by atoms with Gasteiger partial charge in [-0.2, -0.15) is 5.26 Å². The van der Waals surface area contributed by atoms with Crippen LogP contribution in [0.4, 0.5) is 4.79 Å². The normalized spacial score (nSPS) is 12.4. The van der Waals surface area contributed by atoms with E-state index in [0.29, 0.717) is 5.92 Å². The molecule has 0 bridgehead atoms. The average Bonchev–Trinajstić information content (AvgIpc) is 2.83. The second kappa shape index (κ2) is 9.57. The van der Waals surface area contributed by atoms with Gasteiger partial charge in [-0.15, -0.1) is 0 Å². The third kappa shape index (κ3) is 6.29. The SMILES string of the molecule is Cc1cc(/C=C(\C#N)C(=O)O[C@@H](C)C(=O)NC(N)=O)c(C)n1CCC(C)C. The van der Waals surface area contributed by atoms with Gasteiger partial charge in [-0.1, -0.05) is 13.8 Å². The Balaban J connectivity index is 2.98. The number of rotatable bonds is 7.